The average Bonchev–Trinajstić information content (AvgIpc) is 2.99. The molecule has 0 aliphatic carbocycles. The zero-order chi connectivity index (χ0) is 13.4. The predicted molar refractivity (Wildman–Crippen MR) is 68.8 cm³/mol. The first-order chi connectivity index (χ1) is 9.18. The van der Waals surface area contributed by atoms with Crippen molar-refractivity contribution in [2.24, 2.45) is 0 Å². The molecule has 1 aromatic carbocycles. The summed E-state index contributed by atoms with van der Waals surface area (Å²) >= 11 is 6.05. The molecule has 0 aliphatic rings. The van der Waals surface area contributed by atoms with Crippen LogP contribution in [0.4, 0.5) is 10.2 Å². The number of H-pyrrole nitrogens is 2. The molecule has 19 heavy (non-hydrogen) atoms. The summed E-state index contributed by atoms with van der Waals surface area (Å²) in [7, 11) is 0. The van der Waals surface area contributed by atoms with E-state index in [2.05, 4.69) is 25.6 Å². The van der Waals surface area contributed by atoms with Crippen molar-refractivity contribution in [3.05, 3.63) is 35.2 Å². The van der Waals surface area contributed by atoms with Gasteiger partial charge in [-0.2, -0.15) is 20.5 Å². The molecule has 0 unspecified atom stereocenters. The Bertz CT molecular complexity index is 701. The monoisotopic (exact) mass is 278 g/mol. The highest BCUT2D eigenvalue weighted by Gasteiger charge is 2.21. The molecule has 0 atom stereocenters. The lowest BCUT2D eigenvalue weighted by Gasteiger charge is -2.06. The molecule has 0 fully saturated rings. The number of hydrogen-bond acceptors (Lipinski definition) is 4. The van der Waals surface area contributed by atoms with Crippen molar-refractivity contribution in [3.63, 3.8) is 0 Å². The Hall–Kier alpha value is -2.41. The van der Waals surface area contributed by atoms with Crippen LogP contribution in [0.5, 0.6) is 0 Å². The molecular formula is C11H8ClFN6. The molecular weight excluding hydrogens is 271 g/mol. The molecule has 2 heterocycles. The van der Waals surface area contributed by atoms with E-state index < -0.39 is 5.82 Å². The van der Waals surface area contributed by atoms with Gasteiger partial charge in [-0.15, -0.1) is 0 Å². The van der Waals surface area contributed by atoms with Crippen LogP contribution < -0.4 is 5.73 Å². The number of aromatic amines is 2. The Labute approximate surface area is 111 Å². The lowest BCUT2D eigenvalue weighted by Crippen LogP contribution is -1.92. The fourth-order valence-electron chi connectivity index (χ4n) is 1.85. The van der Waals surface area contributed by atoms with E-state index in [4.69, 9.17) is 17.3 Å². The summed E-state index contributed by atoms with van der Waals surface area (Å²) in [4.78, 5) is 0. The Morgan fingerprint density at radius 1 is 1.21 bits per heavy atom. The third-order valence-corrected chi connectivity index (χ3v) is 2.99. The van der Waals surface area contributed by atoms with Gasteiger partial charge in [-0.3, -0.25) is 5.10 Å². The van der Waals surface area contributed by atoms with E-state index in [0.29, 0.717) is 17.0 Å². The van der Waals surface area contributed by atoms with Gasteiger partial charge in [0.1, 0.15) is 11.5 Å². The van der Waals surface area contributed by atoms with Gasteiger partial charge in [0.25, 0.3) is 0 Å². The number of benzene rings is 1. The normalized spacial score (nSPS) is 10.8. The minimum atomic E-state index is -0.481. The highest BCUT2D eigenvalue weighted by atomic mass is 35.5. The molecule has 0 aliphatic heterocycles. The third-order valence-electron chi connectivity index (χ3n) is 2.68. The minimum absolute atomic E-state index is 0.144. The molecule has 0 amide bonds. The van der Waals surface area contributed by atoms with Crippen LogP contribution in [-0.2, 0) is 0 Å². The van der Waals surface area contributed by atoms with Crippen LogP contribution in [0.3, 0.4) is 0 Å². The number of nitrogens with zero attached hydrogens (tertiary/aromatic N) is 3. The average molecular weight is 279 g/mol. The van der Waals surface area contributed by atoms with Crippen molar-refractivity contribution in [1.29, 1.82) is 0 Å². The smallest absolute Gasteiger partial charge is 0.153 e. The summed E-state index contributed by atoms with van der Waals surface area (Å²) < 4.78 is 14.0. The highest BCUT2D eigenvalue weighted by Crippen LogP contribution is 2.38. The van der Waals surface area contributed by atoms with Crippen LogP contribution in [0.2, 0.25) is 5.02 Å². The SMILES string of the molecule is Nc1n[nH]c(-c2cn[nH]n2)c1-c1c(F)cccc1Cl. The lowest BCUT2D eigenvalue weighted by atomic mass is 10.0. The standard InChI is InChI=1S/C11H8ClFN6/c12-5-2-1-3-6(13)8(5)9-10(17-18-11(9)14)7-4-15-19-16-7/h1-4H,(H3,14,17,18)(H,15,16,19). The first-order valence-corrected chi connectivity index (χ1v) is 5.70. The maximum absolute atomic E-state index is 14.0. The summed E-state index contributed by atoms with van der Waals surface area (Å²) in [5, 5.41) is 16.9. The first-order valence-electron chi connectivity index (χ1n) is 5.33. The Balaban J connectivity index is 2.29. The van der Waals surface area contributed by atoms with Crippen LogP contribution in [0.25, 0.3) is 22.5 Å². The zero-order valence-corrected chi connectivity index (χ0v) is 10.2. The van der Waals surface area contributed by atoms with Gasteiger partial charge in [-0.1, -0.05) is 17.7 Å². The Morgan fingerprint density at radius 3 is 2.74 bits per heavy atom. The number of halogens is 2. The summed E-state index contributed by atoms with van der Waals surface area (Å²) in [5.74, 6) is -0.338. The van der Waals surface area contributed by atoms with Crippen LogP contribution in [-0.4, -0.2) is 25.6 Å². The molecule has 0 spiro atoms. The zero-order valence-electron chi connectivity index (χ0n) is 9.48. The first kappa shape index (κ1) is 11.7. The number of rotatable bonds is 2. The summed E-state index contributed by atoms with van der Waals surface area (Å²) in [6.07, 6.45) is 1.48. The highest BCUT2D eigenvalue weighted by molar-refractivity contribution is 6.33. The van der Waals surface area contributed by atoms with Gasteiger partial charge in [0.05, 0.1) is 22.5 Å². The maximum atomic E-state index is 14.0. The summed E-state index contributed by atoms with van der Waals surface area (Å²) in [5.41, 5.74) is 7.28. The van der Waals surface area contributed by atoms with Gasteiger partial charge in [0.2, 0.25) is 0 Å². The topological polar surface area (TPSA) is 96.3 Å². The van der Waals surface area contributed by atoms with E-state index in [-0.39, 0.29) is 16.4 Å². The van der Waals surface area contributed by atoms with Crippen molar-refractivity contribution in [1.82, 2.24) is 25.6 Å². The van der Waals surface area contributed by atoms with Crippen LogP contribution >= 0.6 is 11.6 Å². The van der Waals surface area contributed by atoms with Gasteiger partial charge in [-0.05, 0) is 12.1 Å². The molecule has 2 aromatic heterocycles. The number of anilines is 1. The van der Waals surface area contributed by atoms with Crippen LogP contribution in [0, 0.1) is 5.82 Å². The minimum Gasteiger partial charge on any atom is -0.382 e. The lowest BCUT2D eigenvalue weighted by molar-refractivity contribution is 0.631. The number of aromatic nitrogens is 5. The van der Waals surface area contributed by atoms with Crippen molar-refractivity contribution in [2.45, 2.75) is 0 Å². The van der Waals surface area contributed by atoms with Gasteiger partial charge in [-0.25, -0.2) is 4.39 Å². The maximum Gasteiger partial charge on any atom is 0.153 e. The molecule has 3 rings (SSSR count). The number of nitrogens with two attached hydrogens (primary N) is 1. The second kappa shape index (κ2) is 4.36. The van der Waals surface area contributed by atoms with Gasteiger partial charge in [0.15, 0.2) is 5.82 Å². The number of nitrogen functional groups attached to an aromatic ring is 1. The third kappa shape index (κ3) is 1.84. The Morgan fingerprint density at radius 2 is 2.05 bits per heavy atom. The number of nitrogens with one attached hydrogen (secondary N) is 2. The van der Waals surface area contributed by atoms with Gasteiger partial charge < -0.3 is 5.73 Å². The van der Waals surface area contributed by atoms with Gasteiger partial charge >= 0.3 is 0 Å². The summed E-state index contributed by atoms with van der Waals surface area (Å²) in [6, 6.07) is 4.41. The van der Waals surface area contributed by atoms with Crippen molar-refractivity contribution in [2.75, 3.05) is 5.73 Å². The Kier molecular flexibility index (Phi) is 2.68. The van der Waals surface area contributed by atoms with Crippen LogP contribution in [0.15, 0.2) is 24.4 Å². The molecule has 3 aromatic rings. The summed E-state index contributed by atoms with van der Waals surface area (Å²) in [6.45, 7) is 0. The molecule has 0 saturated carbocycles. The molecule has 6 nitrogen and oxygen atoms in total. The van der Waals surface area contributed by atoms with Crippen LogP contribution in [0.1, 0.15) is 0 Å². The van der Waals surface area contributed by atoms with E-state index in [1.807, 2.05) is 0 Å². The quantitative estimate of drug-likeness (QED) is 0.670. The largest absolute Gasteiger partial charge is 0.382 e. The van der Waals surface area contributed by atoms with E-state index in [1.54, 1.807) is 6.07 Å². The van der Waals surface area contributed by atoms with E-state index >= 15 is 0 Å². The van der Waals surface area contributed by atoms with E-state index in [9.17, 15) is 4.39 Å². The molecule has 96 valence electrons. The molecule has 0 saturated heterocycles. The van der Waals surface area contributed by atoms with Crippen molar-refractivity contribution >= 4 is 17.4 Å². The van der Waals surface area contributed by atoms with E-state index in [1.165, 1.54) is 18.3 Å². The second-order valence-electron chi connectivity index (χ2n) is 3.81. The second-order valence-corrected chi connectivity index (χ2v) is 4.22. The molecule has 4 N–H and O–H groups in total. The molecule has 8 heteroatoms. The fraction of sp³-hybridized carbons (Fsp3) is 0. The number of hydrogen-bond donors (Lipinski definition) is 3. The predicted octanol–water partition coefficient (Wildman–Crippen LogP) is 2.24. The van der Waals surface area contributed by atoms with Crippen molar-refractivity contribution in [3.8, 4) is 22.5 Å². The van der Waals surface area contributed by atoms with Gasteiger partial charge in [0, 0.05) is 5.56 Å². The fourth-order valence-corrected chi connectivity index (χ4v) is 2.11. The van der Waals surface area contributed by atoms with Crippen molar-refractivity contribution < 1.29 is 4.39 Å². The van der Waals surface area contributed by atoms with E-state index in [0.717, 1.165) is 0 Å². The molecule has 0 radical (unpaired) electrons. The molecule has 0 bridgehead atoms.